The van der Waals surface area contributed by atoms with E-state index in [4.69, 9.17) is 5.21 Å². The van der Waals surface area contributed by atoms with Gasteiger partial charge in [0.1, 0.15) is 0 Å². The number of rotatable bonds is 1. The number of anilines is 1. The molecule has 0 unspecified atom stereocenters. The van der Waals surface area contributed by atoms with Crippen molar-refractivity contribution in [1.29, 1.82) is 0 Å². The van der Waals surface area contributed by atoms with Gasteiger partial charge in [0.15, 0.2) is 0 Å². The Morgan fingerprint density at radius 1 is 1.33 bits per heavy atom. The number of nitrogens with one attached hydrogen (secondary N) is 1. The van der Waals surface area contributed by atoms with Crippen LogP contribution in [0.2, 0.25) is 0 Å². The minimum absolute atomic E-state index is 0.727. The molecule has 0 radical (unpaired) electrons. The zero-order chi connectivity index (χ0) is 10.3. The Kier molecular flexibility index (Phi) is 1.91. The second kappa shape index (κ2) is 3.26. The third kappa shape index (κ3) is 1.39. The highest BCUT2D eigenvalue weighted by Gasteiger charge is 2.29. The van der Waals surface area contributed by atoms with E-state index in [2.05, 4.69) is 22.6 Å². The van der Waals surface area contributed by atoms with Crippen LogP contribution in [-0.2, 0) is 0 Å². The molecule has 2 N–H and O–H groups in total. The van der Waals surface area contributed by atoms with E-state index in [1.165, 1.54) is 24.1 Å². The van der Waals surface area contributed by atoms with Crippen LogP contribution >= 0.6 is 0 Å². The van der Waals surface area contributed by atoms with Crippen LogP contribution in [0.4, 0.5) is 5.69 Å². The highest BCUT2D eigenvalue weighted by molar-refractivity contribution is 6.07. The van der Waals surface area contributed by atoms with Crippen LogP contribution in [0.3, 0.4) is 0 Å². The number of benzene rings is 1. The molecule has 1 saturated carbocycles. The van der Waals surface area contributed by atoms with Gasteiger partial charge >= 0.3 is 0 Å². The molecular formula is C12H14N2O. The predicted molar refractivity (Wildman–Crippen MR) is 59.8 cm³/mol. The summed E-state index contributed by atoms with van der Waals surface area (Å²) in [5, 5.41) is 15.8. The number of oxime groups is 1. The summed E-state index contributed by atoms with van der Waals surface area (Å²) in [6, 6.07) is 6.27. The summed E-state index contributed by atoms with van der Waals surface area (Å²) in [4.78, 5) is 0. The predicted octanol–water partition coefficient (Wildman–Crippen LogP) is 2.56. The van der Waals surface area contributed by atoms with E-state index >= 15 is 0 Å². The standard InChI is InChI=1S/C12H14N2O/c15-14-11-6-7-13-12-9(8-4-5-8)2-1-3-10(11)12/h1-3,8,13,15H,4-7H2. The molecule has 1 aliphatic heterocycles. The Morgan fingerprint density at radius 3 is 2.93 bits per heavy atom. The molecule has 0 aromatic heterocycles. The first-order valence-corrected chi connectivity index (χ1v) is 5.48. The number of para-hydroxylation sites is 1. The monoisotopic (exact) mass is 202 g/mol. The van der Waals surface area contributed by atoms with E-state index in [9.17, 15) is 0 Å². The lowest BCUT2D eigenvalue weighted by Crippen LogP contribution is -2.20. The first kappa shape index (κ1) is 8.77. The highest BCUT2D eigenvalue weighted by atomic mass is 16.4. The number of fused-ring (bicyclic) bond motifs is 1. The lowest BCUT2D eigenvalue weighted by Gasteiger charge is -2.21. The van der Waals surface area contributed by atoms with E-state index < -0.39 is 0 Å². The van der Waals surface area contributed by atoms with Crippen molar-refractivity contribution in [2.75, 3.05) is 11.9 Å². The molecule has 0 amide bonds. The minimum Gasteiger partial charge on any atom is -0.411 e. The van der Waals surface area contributed by atoms with Crippen molar-refractivity contribution in [3.8, 4) is 0 Å². The average molecular weight is 202 g/mol. The van der Waals surface area contributed by atoms with Gasteiger partial charge in [0.25, 0.3) is 0 Å². The lowest BCUT2D eigenvalue weighted by molar-refractivity contribution is 0.318. The molecule has 1 aliphatic carbocycles. The fraction of sp³-hybridized carbons (Fsp3) is 0.417. The minimum atomic E-state index is 0.727. The summed E-state index contributed by atoms with van der Waals surface area (Å²) in [6.07, 6.45) is 3.39. The van der Waals surface area contributed by atoms with Gasteiger partial charge in [-0.2, -0.15) is 0 Å². The van der Waals surface area contributed by atoms with Crippen molar-refractivity contribution in [2.45, 2.75) is 25.2 Å². The quantitative estimate of drug-likeness (QED) is 0.543. The summed E-state index contributed by atoms with van der Waals surface area (Å²) in [6.45, 7) is 0.871. The summed E-state index contributed by atoms with van der Waals surface area (Å²) in [5.74, 6) is 0.727. The van der Waals surface area contributed by atoms with Gasteiger partial charge in [0.05, 0.1) is 5.71 Å². The van der Waals surface area contributed by atoms with Crippen LogP contribution in [0, 0.1) is 0 Å². The smallest absolute Gasteiger partial charge is 0.0906 e. The molecule has 0 bridgehead atoms. The van der Waals surface area contributed by atoms with E-state index in [0.29, 0.717) is 0 Å². The lowest BCUT2D eigenvalue weighted by atomic mass is 9.96. The third-order valence-electron chi connectivity index (χ3n) is 3.21. The topological polar surface area (TPSA) is 44.6 Å². The maximum Gasteiger partial charge on any atom is 0.0906 e. The molecule has 1 aromatic rings. The first-order valence-electron chi connectivity index (χ1n) is 5.48. The van der Waals surface area contributed by atoms with Gasteiger partial charge in [-0.1, -0.05) is 23.4 Å². The van der Waals surface area contributed by atoms with Crippen molar-refractivity contribution in [3.63, 3.8) is 0 Å². The summed E-state index contributed by atoms with van der Waals surface area (Å²) < 4.78 is 0. The Bertz CT molecular complexity index is 422. The molecular weight excluding hydrogens is 188 g/mol. The van der Waals surface area contributed by atoms with Crippen molar-refractivity contribution in [3.05, 3.63) is 29.3 Å². The van der Waals surface area contributed by atoms with Crippen LogP contribution in [0.25, 0.3) is 0 Å². The zero-order valence-corrected chi connectivity index (χ0v) is 8.53. The zero-order valence-electron chi connectivity index (χ0n) is 8.53. The molecule has 0 saturated heterocycles. The van der Waals surface area contributed by atoms with E-state index in [1.807, 2.05) is 6.07 Å². The Hall–Kier alpha value is -1.51. The van der Waals surface area contributed by atoms with Gasteiger partial charge < -0.3 is 10.5 Å². The van der Waals surface area contributed by atoms with Gasteiger partial charge in [-0.3, -0.25) is 0 Å². The molecule has 78 valence electrons. The number of hydrogen-bond acceptors (Lipinski definition) is 3. The normalized spacial score (nSPS) is 22.3. The van der Waals surface area contributed by atoms with E-state index in [0.717, 1.165) is 30.2 Å². The Balaban J connectivity index is 2.13. The summed E-state index contributed by atoms with van der Waals surface area (Å²) in [5.41, 5.74) is 4.48. The molecule has 1 fully saturated rings. The SMILES string of the molecule is ON=C1CCNc2c1cccc2C1CC1. The largest absolute Gasteiger partial charge is 0.411 e. The number of hydrogen-bond donors (Lipinski definition) is 2. The fourth-order valence-electron chi connectivity index (χ4n) is 2.29. The molecule has 15 heavy (non-hydrogen) atoms. The second-order valence-electron chi connectivity index (χ2n) is 4.27. The summed E-state index contributed by atoms with van der Waals surface area (Å²) in [7, 11) is 0. The Labute approximate surface area is 88.8 Å². The molecule has 1 heterocycles. The maximum absolute atomic E-state index is 8.94. The molecule has 1 aromatic carbocycles. The van der Waals surface area contributed by atoms with E-state index in [1.54, 1.807) is 0 Å². The molecule has 3 heteroatoms. The fourth-order valence-corrected chi connectivity index (χ4v) is 2.29. The van der Waals surface area contributed by atoms with Gasteiger partial charge in [0.2, 0.25) is 0 Å². The first-order chi connectivity index (χ1) is 7.40. The van der Waals surface area contributed by atoms with E-state index in [-0.39, 0.29) is 0 Å². The Morgan fingerprint density at radius 2 is 2.20 bits per heavy atom. The third-order valence-corrected chi connectivity index (χ3v) is 3.21. The van der Waals surface area contributed by atoms with Crippen LogP contribution in [-0.4, -0.2) is 17.5 Å². The summed E-state index contributed by atoms with van der Waals surface area (Å²) >= 11 is 0. The molecule has 3 rings (SSSR count). The van der Waals surface area contributed by atoms with Crippen molar-refractivity contribution in [1.82, 2.24) is 0 Å². The molecule has 0 atom stereocenters. The van der Waals surface area contributed by atoms with Crippen LogP contribution < -0.4 is 5.32 Å². The van der Waals surface area contributed by atoms with Crippen LogP contribution in [0.15, 0.2) is 23.4 Å². The van der Waals surface area contributed by atoms with Crippen molar-refractivity contribution in [2.24, 2.45) is 5.16 Å². The maximum atomic E-state index is 8.94. The molecule has 3 nitrogen and oxygen atoms in total. The molecule has 0 spiro atoms. The van der Waals surface area contributed by atoms with Crippen molar-refractivity contribution >= 4 is 11.4 Å². The van der Waals surface area contributed by atoms with Gasteiger partial charge in [0, 0.05) is 24.2 Å². The van der Waals surface area contributed by atoms with Gasteiger partial charge in [-0.25, -0.2) is 0 Å². The highest BCUT2D eigenvalue weighted by Crippen LogP contribution is 2.45. The van der Waals surface area contributed by atoms with Gasteiger partial charge in [-0.05, 0) is 24.3 Å². The van der Waals surface area contributed by atoms with Gasteiger partial charge in [-0.15, -0.1) is 0 Å². The van der Waals surface area contributed by atoms with Crippen LogP contribution in [0.5, 0.6) is 0 Å². The van der Waals surface area contributed by atoms with Crippen LogP contribution in [0.1, 0.15) is 36.3 Å². The molecule has 2 aliphatic rings. The average Bonchev–Trinajstić information content (AvgIpc) is 3.11. The number of nitrogens with zero attached hydrogens (tertiary/aromatic N) is 1. The second-order valence-corrected chi connectivity index (χ2v) is 4.27. The van der Waals surface area contributed by atoms with Crippen molar-refractivity contribution < 1.29 is 5.21 Å².